The molecule has 0 aliphatic heterocycles. The van der Waals surface area contributed by atoms with Crippen molar-refractivity contribution in [3.05, 3.63) is 85.1 Å². The van der Waals surface area contributed by atoms with Crippen LogP contribution in [0.25, 0.3) is 0 Å². The van der Waals surface area contributed by atoms with Gasteiger partial charge in [0.15, 0.2) is 6.10 Å². The zero-order valence-corrected chi connectivity index (χ0v) is 43.7. The van der Waals surface area contributed by atoms with E-state index >= 15 is 0 Å². The molecule has 0 amide bonds. The lowest BCUT2D eigenvalue weighted by molar-refractivity contribution is -0.161. The van der Waals surface area contributed by atoms with Gasteiger partial charge in [0, 0.05) is 19.3 Å². The number of aliphatic hydroxyl groups is 1. The molecule has 0 saturated heterocycles. The van der Waals surface area contributed by atoms with E-state index in [0.717, 1.165) is 135 Å². The monoisotopic (exact) mass is 975 g/mol. The van der Waals surface area contributed by atoms with Crippen molar-refractivity contribution in [3.63, 3.8) is 0 Å². The highest BCUT2D eigenvalue weighted by Gasteiger charge is 2.28. The number of aliphatic hydroxyl groups excluding tert-OH is 1. The van der Waals surface area contributed by atoms with Crippen molar-refractivity contribution in [2.75, 3.05) is 26.4 Å². The van der Waals surface area contributed by atoms with Crippen LogP contribution in [0.1, 0.15) is 213 Å². The summed E-state index contributed by atoms with van der Waals surface area (Å²) in [6, 6.07) is 0. The molecule has 0 heterocycles. The van der Waals surface area contributed by atoms with Gasteiger partial charge in [-0.15, -0.1) is 0 Å². The number of rotatable bonds is 48. The van der Waals surface area contributed by atoms with Crippen LogP contribution in [-0.2, 0) is 42.2 Å². The summed E-state index contributed by atoms with van der Waals surface area (Å²) in [5.41, 5.74) is 0. The van der Waals surface area contributed by atoms with Crippen LogP contribution in [0.5, 0.6) is 0 Å². The van der Waals surface area contributed by atoms with Gasteiger partial charge < -0.3 is 24.2 Å². The van der Waals surface area contributed by atoms with Gasteiger partial charge in [-0.05, 0) is 109 Å². The summed E-state index contributed by atoms with van der Waals surface area (Å²) in [4.78, 5) is 48.3. The molecular weight excluding hydrogens is 880 g/mol. The van der Waals surface area contributed by atoms with Gasteiger partial charge in [-0.3, -0.25) is 23.4 Å². The minimum Gasteiger partial charge on any atom is -0.462 e. The van der Waals surface area contributed by atoms with E-state index in [1.807, 2.05) is 0 Å². The highest BCUT2D eigenvalue weighted by Crippen LogP contribution is 2.43. The lowest BCUT2D eigenvalue weighted by atomic mass is 10.1. The van der Waals surface area contributed by atoms with Crippen molar-refractivity contribution >= 4 is 25.7 Å². The summed E-state index contributed by atoms with van der Waals surface area (Å²) in [5.74, 6) is -1.54. The number of ether oxygens (including phenoxy) is 3. The van der Waals surface area contributed by atoms with E-state index in [1.54, 1.807) is 0 Å². The predicted molar refractivity (Wildman–Crippen MR) is 279 cm³/mol. The van der Waals surface area contributed by atoms with Crippen LogP contribution in [0.3, 0.4) is 0 Å². The lowest BCUT2D eigenvalue weighted by Gasteiger charge is -2.21. The number of hydrogen-bond donors (Lipinski definition) is 2. The quantitative estimate of drug-likeness (QED) is 0.0197. The normalized spacial score (nSPS) is 14.1. The number of esters is 3. The van der Waals surface area contributed by atoms with E-state index in [9.17, 15) is 28.9 Å². The van der Waals surface area contributed by atoms with Gasteiger partial charge in [-0.25, -0.2) is 4.57 Å². The molecule has 68 heavy (non-hydrogen) atoms. The molecule has 0 aromatic rings. The number of phosphoric acid groups is 1. The first-order chi connectivity index (χ1) is 33.2. The van der Waals surface area contributed by atoms with Crippen molar-refractivity contribution in [1.82, 2.24) is 0 Å². The zero-order valence-electron chi connectivity index (χ0n) is 42.8. The van der Waals surface area contributed by atoms with Crippen molar-refractivity contribution < 1.29 is 52.2 Å². The van der Waals surface area contributed by atoms with E-state index in [2.05, 4.69) is 106 Å². The minimum absolute atomic E-state index is 0.125. The number of carbonyl (C=O) groups excluding carboxylic acids is 3. The third-order valence-electron chi connectivity index (χ3n) is 10.8. The van der Waals surface area contributed by atoms with Crippen LogP contribution < -0.4 is 0 Å². The average molecular weight is 975 g/mol. The zero-order chi connectivity index (χ0) is 49.9. The van der Waals surface area contributed by atoms with Gasteiger partial charge >= 0.3 is 25.7 Å². The fourth-order valence-electron chi connectivity index (χ4n) is 6.73. The molecular formula is C56H95O11P. The second-order valence-electron chi connectivity index (χ2n) is 17.3. The second-order valence-corrected chi connectivity index (χ2v) is 18.8. The first-order valence-electron chi connectivity index (χ1n) is 26.5. The van der Waals surface area contributed by atoms with Crippen molar-refractivity contribution in [1.29, 1.82) is 0 Å². The Balaban J connectivity index is 4.81. The number of hydrogen-bond acceptors (Lipinski definition) is 10. The molecule has 11 nitrogen and oxygen atoms in total. The third-order valence-corrected chi connectivity index (χ3v) is 11.7. The molecule has 0 bridgehead atoms. The summed E-state index contributed by atoms with van der Waals surface area (Å²) in [6.45, 7) is 4.35. The molecule has 3 atom stereocenters. The fraction of sp³-hybridized carbons (Fsp3) is 0.696. The fourth-order valence-corrected chi connectivity index (χ4v) is 7.51. The topological polar surface area (TPSA) is 155 Å². The van der Waals surface area contributed by atoms with E-state index < -0.39 is 57.8 Å². The SMILES string of the molecule is CC/C=C\C/C=C\C/C=C\CCCCCC(=O)OC(COC(=O)CCCCCCC/C=C\C/C=C\CCCCC)COP(=O)(O)OCC(CO)OC(=O)CCCCCCC/C=C\C/C=C\CCC. The standard InChI is InChI=1S/C56H95O11P/c1-4-7-10-13-16-19-22-25-26-29-30-33-36-39-42-45-54(58)63-49-53(67-56(60)47-44-41-38-35-32-28-24-21-18-15-12-9-6-3)51-65-68(61,62)64-50-52(48-57)66-55(59)46-43-40-37-34-31-27-23-20-17-14-11-8-5-2/h9,11-12,14,16,18-21,23,25-26,28,32,52-53,57H,4-8,10,13,15,17,22,24,27,29-31,33-51H2,1-3H3,(H,61,62)/b12-9-,14-11-,19-16-,21-18-,23-20-,26-25-,32-28-. The number of unbranched alkanes of at least 4 members (excludes halogenated alkanes) is 17. The summed E-state index contributed by atoms with van der Waals surface area (Å²) >= 11 is 0. The maximum Gasteiger partial charge on any atom is 0.472 e. The van der Waals surface area contributed by atoms with Crippen LogP contribution in [0.2, 0.25) is 0 Å². The Morgan fingerprint density at radius 3 is 1.25 bits per heavy atom. The number of allylic oxidation sites excluding steroid dienone is 14. The maximum absolute atomic E-state index is 12.8. The van der Waals surface area contributed by atoms with Gasteiger partial charge in [-0.1, -0.05) is 170 Å². The maximum atomic E-state index is 12.8. The van der Waals surface area contributed by atoms with Crippen LogP contribution in [0.15, 0.2) is 85.1 Å². The Bertz CT molecular complexity index is 1460. The predicted octanol–water partition coefficient (Wildman–Crippen LogP) is 15.1. The highest BCUT2D eigenvalue weighted by atomic mass is 31.2. The Hall–Kier alpha value is -3.34. The van der Waals surface area contributed by atoms with Crippen LogP contribution >= 0.6 is 7.82 Å². The molecule has 0 aliphatic rings. The molecule has 0 aromatic heterocycles. The van der Waals surface area contributed by atoms with Gasteiger partial charge in [0.05, 0.1) is 19.8 Å². The summed E-state index contributed by atoms with van der Waals surface area (Å²) in [6.07, 6.45) is 55.5. The van der Waals surface area contributed by atoms with Gasteiger partial charge in [-0.2, -0.15) is 0 Å². The summed E-state index contributed by atoms with van der Waals surface area (Å²) < 4.78 is 39.3. The van der Waals surface area contributed by atoms with E-state index in [-0.39, 0.29) is 25.9 Å². The molecule has 0 fully saturated rings. The first kappa shape index (κ1) is 64.7. The molecule has 0 radical (unpaired) electrons. The van der Waals surface area contributed by atoms with Crippen molar-refractivity contribution in [2.45, 2.75) is 226 Å². The van der Waals surface area contributed by atoms with Crippen LogP contribution in [-0.4, -0.2) is 66.5 Å². The van der Waals surface area contributed by atoms with Crippen LogP contribution in [0, 0.1) is 0 Å². The van der Waals surface area contributed by atoms with Gasteiger partial charge in [0.1, 0.15) is 12.7 Å². The number of phosphoric ester groups is 1. The van der Waals surface area contributed by atoms with Crippen LogP contribution in [0.4, 0.5) is 0 Å². The largest absolute Gasteiger partial charge is 0.472 e. The van der Waals surface area contributed by atoms with E-state index in [1.165, 1.54) is 19.3 Å². The lowest BCUT2D eigenvalue weighted by Crippen LogP contribution is -2.30. The van der Waals surface area contributed by atoms with Crippen molar-refractivity contribution in [3.8, 4) is 0 Å². The molecule has 12 heteroatoms. The summed E-state index contributed by atoms with van der Waals surface area (Å²) in [7, 11) is -4.76. The Kier molecular flexibility index (Phi) is 47.6. The Labute approximate surface area is 413 Å². The Morgan fingerprint density at radius 2 is 0.794 bits per heavy atom. The van der Waals surface area contributed by atoms with Crippen molar-refractivity contribution in [2.24, 2.45) is 0 Å². The molecule has 2 N–H and O–H groups in total. The van der Waals surface area contributed by atoms with Gasteiger partial charge in [0.25, 0.3) is 0 Å². The molecule has 3 unspecified atom stereocenters. The molecule has 0 aliphatic carbocycles. The minimum atomic E-state index is -4.76. The molecule has 0 spiro atoms. The average Bonchev–Trinajstić information content (AvgIpc) is 3.32. The second kappa shape index (κ2) is 50.1. The first-order valence-corrected chi connectivity index (χ1v) is 28.0. The molecule has 390 valence electrons. The smallest absolute Gasteiger partial charge is 0.462 e. The van der Waals surface area contributed by atoms with Gasteiger partial charge in [0.2, 0.25) is 0 Å². The number of carbonyl (C=O) groups is 3. The van der Waals surface area contributed by atoms with E-state index in [4.69, 9.17) is 23.3 Å². The molecule has 0 aromatic carbocycles. The third kappa shape index (κ3) is 47.7. The molecule has 0 saturated carbocycles. The summed E-state index contributed by atoms with van der Waals surface area (Å²) in [5, 5.41) is 9.77. The van der Waals surface area contributed by atoms with E-state index in [0.29, 0.717) is 19.3 Å². The molecule has 0 rings (SSSR count). The Morgan fingerprint density at radius 1 is 0.426 bits per heavy atom. The highest BCUT2D eigenvalue weighted by molar-refractivity contribution is 7.47.